The van der Waals surface area contributed by atoms with Crippen LogP contribution in [0.4, 0.5) is 29.0 Å². The molecule has 0 saturated carbocycles. The molecule has 356 valence electrons. The summed E-state index contributed by atoms with van der Waals surface area (Å²) in [6, 6.07) is 30.1. The van der Waals surface area contributed by atoms with Gasteiger partial charge in [-0.05, 0) is 113 Å². The van der Waals surface area contributed by atoms with Crippen LogP contribution in [0.2, 0.25) is 0 Å². The van der Waals surface area contributed by atoms with Crippen molar-refractivity contribution < 1.29 is 19.1 Å². The van der Waals surface area contributed by atoms with Crippen LogP contribution < -0.4 is 20.9 Å². The molecule has 2 fully saturated rings. The standard InChI is InChI=1S/C26H28N6O2.C14H10BrN3O2.C12H19N3/c1-26(2)10-13-31(14-11-26)23-9-5-8-22(29-23)28-21-17-20(30-32-15-12-27-24(21)32)18-6-4-7-19(16-18)25(33)34-3;1-20-14(19)10-4-2-3-9(7-10)12-8-11(15)13-16-5-6-18(13)17-12;1-12(2)6-8-15(9-7-12)11-5-3-4-10(13)14-11/h4-9,12,15-17H,10-11,13-14H2,1-3H3,(H,28,29);2-8H,1H3;3-5H,6-9H2,1-2H3,(H2,13,14). The number of hydrogen-bond donors (Lipinski definition) is 2. The number of benzene rings is 2. The predicted molar refractivity (Wildman–Crippen MR) is 274 cm³/mol. The van der Waals surface area contributed by atoms with Gasteiger partial charge in [0.25, 0.3) is 0 Å². The predicted octanol–water partition coefficient (Wildman–Crippen LogP) is 10.2. The lowest BCUT2D eigenvalue weighted by Gasteiger charge is -2.37. The largest absolute Gasteiger partial charge is 0.465 e. The lowest BCUT2D eigenvalue weighted by Crippen LogP contribution is -2.37. The Hall–Kier alpha value is -7.40. The van der Waals surface area contributed by atoms with Gasteiger partial charge in [-0.25, -0.2) is 38.6 Å². The summed E-state index contributed by atoms with van der Waals surface area (Å²) in [6.45, 7) is 13.5. The average Bonchev–Trinajstić information content (AvgIpc) is 4.05. The van der Waals surface area contributed by atoms with Crippen LogP contribution in [0.15, 0.2) is 126 Å². The molecule has 0 spiro atoms. The summed E-state index contributed by atoms with van der Waals surface area (Å²) < 4.78 is 13.8. The molecule has 10 rings (SSSR count). The zero-order valence-corrected chi connectivity index (χ0v) is 41.4. The molecule has 69 heavy (non-hydrogen) atoms. The van der Waals surface area contributed by atoms with Crippen molar-refractivity contribution in [2.45, 2.75) is 53.4 Å². The van der Waals surface area contributed by atoms with E-state index in [0.717, 1.165) is 89.1 Å². The molecule has 0 bridgehead atoms. The molecule has 2 saturated heterocycles. The molecule has 2 aliphatic rings. The van der Waals surface area contributed by atoms with Gasteiger partial charge >= 0.3 is 11.9 Å². The van der Waals surface area contributed by atoms with Gasteiger partial charge in [-0.1, -0.05) is 64.1 Å². The van der Waals surface area contributed by atoms with Gasteiger partial charge < -0.3 is 30.3 Å². The van der Waals surface area contributed by atoms with Gasteiger partial charge in [0.15, 0.2) is 11.3 Å². The van der Waals surface area contributed by atoms with Crippen LogP contribution >= 0.6 is 15.9 Å². The summed E-state index contributed by atoms with van der Waals surface area (Å²) in [7, 11) is 2.74. The van der Waals surface area contributed by atoms with Crippen molar-refractivity contribution in [1.29, 1.82) is 0 Å². The first-order chi connectivity index (χ1) is 33.2. The number of imidazole rings is 2. The highest BCUT2D eigenvalue weighted by molar-refractivity contribution is 9.10. The maximum absolute atomic E-state index is 12.0. The van der Waals surface area contributed by atoms with Gasteiger partial charge in [-0.15, -0.1) is 0 Å². The molecule has 0 aliphatic carbocycles. The maximum atomic E-state index is 12.0. The zero-order valence-electron chi connectivity index (χ0n) is 39.8. The van der Waals surface area contributed by atoms with Crippen LogP contribution in [0.1, 0.15) is 74.1 Å². The minimum Gasteiger partial charge on any atom is -0.465 e. The number of nitrogens with zero attached hydrogens (tertiary/aromatic N) is 10. The minimum atomic E-state index is -0.383. The first-order valence-corrected chi connectivity index (χ1v) is 23.7. The smallest absolute Gasteiger partial charge is 0.337 e. The SMILES string of the molecule is CC1(C)CCN(c2cccc(N)n2)CC1.COC(=O)c1cccc(-c2cc(Br)c3nccn3n2)c1.COC(=O)c1cccc(-c2cc(Nc3cccc(N4CCC(C)(C)CC4)n3)c3nccn3n2)c1. The minimum absolute atomic E-state index is 0.366. The van der Waals surface area contributed by atoms with E-state index in [1.54, 1.807) is 64.2 Å². The normalized spacial score (nSPS) is 15.1. The van der Waals surface area contributed by atoms with E-state index in [2.05, 4.69) is 90.0 Å². The van der Waals surface area contributed by atoms with Crippen molar-refractivity contribution in [3.63, 3.8) is 0 Å². The number of anilines is 5. The van der Waals surface area contributed by atoms with Gasteiger partial charge in [0, 0.05) is 62.1 Å². The third kappa shape index (κ3) is 11.8. The van der Waals surface area contributed by atoms with E-state index in [9.17, 15) is 9.59 Å². The Morgan fingerprint density at radius 2 is 1.10 bits per heavy atom. The van der Waals surface area contributed by atoms with Crippen molar-refractivity contribution in [3.05, 3.63) is 137 Å². The number of esters is 2. The second-order valence-corrected chi connectivity index (χ2v) is 19.4. The molecule has 0 atom stereocenters. The van der Waals surface area contributed by atoms with Gasteiger partial charge in [0.05, 0.1) is 46.9 Å². The Morgan fingerprint density at radius 3 is 1.64 bits per heavy atom. The number of piperidine rings is 2. The van der Waals surface area contributed by atoms with E-state index < -0.39 is 0 Å². The number of carbonyl (C=O) groups is 2. The fourth-order valence-electron chi connectivity index (χ4n) is 8.12. The van der Waals surface area contributed by atoms with E-state index in [4.69, 9.17) is 20.2 Å². The third-order valence-corrected chi connectivity index (χ3v) is 13.1. The number of aromatic nitrogens is 8. The first-order valence-electron chi connectivity index (χ1n) is 22.9. The Morgan fingerprint density at radius 1 is 0.623 bits per heavy atom. The molecular formula is C52H57BrN12O4. The van der Waals surface area contributed by atoms with Crippen LogP contribution in [-0.4, -0.2) is 91.5 Å². The third-order valence-electron chi connectivity index (χ3n) is 12.5. The van der Waals surface area contributed by atoms with Crippen LogP contribution in [-0.2, 0) is 9.47 Å². The average molecular weight is 994 g/mol. The number of hydrogen-bond acceptors (Lipinski definition) is 14. The highest BCUT2D eigenvalue weighted by atomic mass is 79.9. The number of halogens is 1. The summed E-state index contributed by atoms with van der Waals surface area (Å²) in [4.78, 5) is 46.1. The topological polar surface area (TPSA) is 183 Å². The number of nitrogens with one attached hydrogen (secondary N) is 1. The molecule has 0 unspecified atom stereocenters. The van der Waals surface area contributed by atoms with Gasteiger partial charge in [-0.2, -0.15) is 10.2 Å². The van der Waals surface area contributed by atoms with E-state index in [1.165, 1.54) is 27.1 Å². The molecule has 6 aromatic heterocycles. The Bertz CT molecular complexity index is 3080. The summed E-state index contributed by atoms with van der Waals surface area (Å²) >= 11 is 3.47. The second kappa shape index (κ2) is 20.9. The summed E-state index contributed by atoms with van der Waals surface area (Å²) in [5.74, 6) is 2.59. The quantitative estimate of drug-likeness (QED) is 0.137. The number of pyridine rings is 2. The molecule has 16 nitrogen and oxygen atoms in total. The maximum Gasteiger partial charge on any atom is 0.337 e. The van der Waals surface area contributed by atoms with E-state index in [0.29, 0.717) is 39.1 Å². The molecule has 3 N–H and O–H groups in total. The Labute approximate surface area is 410 Å². The van der Waals surface area contributed by atoms with Crippen molar-refractivity contribution in [3.8, 4) is 22.5 Å². The van der Waals surface area contributed by atoms with Gasteiger partial charge in [0.2, 0.25) is 0 Å². The number of fused-ring (bicyclic) bond motifs is 2. The molecule has 0 radical (unpaired) electrons. The summed E-state index contributed by atoms with van der Waals surface area (Å²) in [5, 5.41) is 12.6. The fourth-order valence-corrected chi connectivity index (χ4v) is 8.62. The molecule has 8 aromatic rings. The highest BCUT2D eigenvalue weighted by Crippen LogP contribution is 2.34. The van der Waals surface area contributed by atoms with Crippen LogP contribution in [0, 0.1) is 10.8 Å². The monoisotopic (exact) mass is 992 g/mol. The number of methoxy groups -OCH3 is 2. The van der Waals surface area contributed by atoms with Crippen molar-refractivity contribution in [2.75, 3.05) is 61.2 Å². The number of rotatable bonds is 8. The van der Waals surface area contributed by atoms with Crippen molar-refractivity contribution in [2.24, 2.45) is 10.8 Å². The number of carbonyl (C=O) groups excluding carboxylic acids is 2. The number of nitrogen functional groups attached to an aromatic ring is 1. The fraction of sp³-hybridized carbons (Fsp3) is 0.308. The molecule has 8 heterocycles. The molecule has 2 aromatic carbocycles. The van der Waals surface area contributed by atoms with Gasteiger partial charge in [-0.3, -0.25) is 0 Å². The van der Waals surface area contributed by atoms with Crippen molar-refractivity contribution in [1.82, 2.24) is 39.2 Å². The Balaban J connectivity index is 0.000000155. The second-order valence-electron chi connectivity index (χ2n) is 18.6. The van der Waals surface area contributed by atoms with Crippen LogP contribution in [0.3, 0.4) is 0 Å². The van der Waals surface area contributed by atoms with Crippen molar-refractivity contribution >= 4 is 68.1 Å². The molecule has 2 aliphatic heterocycles. The summed E-state index contributed by atoms with van der Waals surface area (Å²) in [5.41, 5.74) is 12.8. The molecular weight excluding hydrogens is 937 g/mol. The summed E-state index contributed by atoms with van der Waals surface area (Å²) in [6.07, 6.45) is 11.7. The lowest BCUT2D eigenvalue weighted by atomic mass is 9.83. The van der Waals surface area contributed by atoms with E-state index in [1.807, 2.05) is 60.7 Å². The van der Waals surface area contributed by atoms with E-state index in [-0.39, 0.29) is 11.9 Å². The number of nitrogens with two attached hydrogens (primary N) is 1. The Kier molecular flexibility index (Phi) is 14.5. The molecule has 0 amide bonds. The lowest BCUT2D eigenvalue weighted by molar-refractivity contribution is 0.0592. The van der Waals surface area contributed by atoms with Gasteiger partial charge in [0.1, 0.15) is 23.3 Å². The van der Waals surface area contributed by atoms with Crippen LogP contribution in [0.5, 0.6) is 0 Å². The first kappa shape index (κ1) is 48.1. The van der Waals surface area contributed by atoms with Crippen LogP contribution in [0.25, 0.3) is 33.8 Å². The molecule has 17 heteroatoms. The number of ether oxygens (including phenoxy) is 2. The highest BCUT2D eigenvalue weighted by Gasteiger charge is 2.27. The zero-order chi connectivity index (χ0) is 48.7. The van der Waals surface area contributed by atoms with E-state index >= 15 is 0 Å².